The molecule has 2 aliphatic heterocycles. The van der Waals surface area contributed by atoms with Crippen molar-refractivity contribution in [3.63, 3.8) is 0 Å². The van der Waals surface area contributed by atoms with Crippen molar-refractivity contribution in [1.82, 2.24) is 15.1 Å². The Hall–Kier alpha value is 0.230. The van der Waals surface area contributed by atoms with Crippen molar-refractivity contribution in [1.29, 1.82) is 0 Å². The van der Waals surface area contributed by atoms with E-state index in [1.807, 2.05) is 0 Å². The van der Waals surface area contributed by atoms with E-state index in [9.17, 15) is 0 Å². The summed E-state index contributed by atoms with van der Waals surface area (Å²) in [7, 11) is 0. The van der Waals surface area contributed by atoms with E-state index in [2.05, 4.69) is 40.7 Å². The first kappa shape index (κ1) is 15.6. The molecule has 0 unspecified atom stereocenters. The van der Waals surface area contributed by atoms with Crippen LogP contribution in [-0.2, 0) is 0 Å². The van der Waals surface area contributed by atoms with E-state index in [4.69, 9.17) is 0 Å². The van der Waals surface area contributed by atoms with Gasteiger partial charge < -0.3 is 10.2 Å². The number of hydrogen-bond acceptors (Lipinski definition) is 4. The molecule has 2 aliphatic rings. The highest BCUT2D eigenvalue weighted by molar-refractivity contribution is 7.99. The van der Waals surface area contributed by atoms with Gasteiger partial charge in [-0.2, -0.15) is 11.8 Å². The fourth-order valence-corrected chi connectivity index (χ4v) is 4.29. The molecule has 2 saturated heterocycles. The predicted molar refractivity (Wildman–Crippen MR) is 86.1 cm³/mol. The Kier molecular flexibility index (Phi) is 6.99. The highest BCUT2D eigenvalue weighted by atomic mass is 32.2. The molecule has 0 radical (unpaired) electrons. The summed E-state index contributed by atoms with van der Waals surface area (Å²) in [6.45, 7) is 14.8. The number of thioether (sulfide) groups is 1. The summed E-state index contributed by atoms with van der Waals surface area (Å²) < 4.78 is 0. The summed E-state index contributed by atoms with van der Waals surface area (Å²) in [4.78, 5) is 5.28. The average Bonchev–Trinajstić information content (AvgIpc) is 2.41. The van der Waals surface area contributed by atoms with Crippen LogP contribution in [0.3, 0.4) is 0 Å². The van der Waals surface area contributed by atoms with E-state index in [1.165, 1.54) is 71.0 Å². The SMILES string of the molecule is CC(C)CN1CCN(CCSC2CCNCC2)CC1. The standard InChI is InChI=1S/C15H31N3S/c1-14(2)13-18-9-7-17(8-10-18)11-12-19-15-3-5-16-6-4-15/h14-16H,3-13H2,1-2H3. The third-order valence-corrected chi connectivity index (χ3v) is 5.50. The van der Waals surface area contributed by atoms with Crippen molar-refractivity contribution in [3.05, 3.63) is 0 Å². The normalized spacial score (nSPS) is 24.2. The fraction of sp³-hybridized carbons (Fsp3) is 1.00. The first-order valence-electron chi connectivity index (χ1n) is 8.01. The molecule has 2 heterocycles. The lowest BCUT2D eigenvalue weighted by atomic mass is 10.2. The number of piperidine rings is 1. The molecule has 0 saturated carbocycles. The molecule has 0 aromatic carbocycles. The summed E-state index contributed by atoms with van der Waals surface area (Å²) in [5.41, 5.74) is 0. The first-order valence-corrected chi connectivity index (χ1v) is 9.06. The molecule has 0 bridgehead atoms. The fourth-order valence-electron chi connectivity index (χ4n) is 3.02. The van der Waals surface area contributed by atoms with Gasteiger partial charge in [0.1, 0.15) is 0 Å². The lowest BCUT2D eigenvalue weighted by molar-refractivity contribution is 0.127. The summed E-state index contributed by atoms with van der Waals surface area (Å²) in [5.74, 6) is 2.14. The Morgan fingerprint density at radius 2 is 1.68 bits per heavy atom. The Morgan fingerprint density at radius 3 is 2.32 bits per heavy atom. The lowest BCUT2D eigenvalue weighted by Crippen LogP contribution is -2.47. The molecule has 0 aromatic rings. The zero-order chi connectivity index (χ0) is 13.5. The second kappa shape index (κ2) is 8.50. The van der Waals surface area contributed by atoms with Crippen LogP contribution < -0.4 is 5.32 Å². The minimum atomic E-state index is 0.807. The van der Waals surface area contributed by atoms with Gasteiger partial charge in [-0.05, 0) is 31.8 Å². The summed E-state index contributed by atoms with van der Waals surface area (Å²) in [5, 5.41) is 4.37. The van der Waals surface area contributed by atoms with E-state index in [0.29, 0.717) is 0 Å². The van der Waals surface area contributed by atoms with E-state index in [0.717, 1.165) is 11.2 Å². The Labute approximate surface area is 123 Å². The predicted octanol–water partition coefficient (Wildman–Crippen LogP) is 1.75. The monoisotopic (exact) mass is 285 g/mol. The molecule has 0 atom stereocenters. The summed E-state index contributed by atoms with van der Waals surface area (Å²) >= 11 is 2.21. The van der Waals surface area contributed by atoms with E-state index in [1.54, 1.807) is 0 Å². The molecule has 0 aromatic heterocycles. The Bertz CT molecular complexity index is 234. The molecular formula is C15H31N3S. The van der Waals surface area contributed by atoms with Crippen LogP contribution in [0.1, 0.15) is 26.7 Å². The number of nitrogens with zero attached hydrogens (tertiary/aromatic N) is 2. The molecule has 2 rings (SSSR count). The molecule has 19 heavy (non-hydrogen) atoms. The molecule has 4 heteroatoms. The van der Waals surface area contributed by atoms with Crippen LogP contribution in [0.15, 0.2) is 0 Å². The van der Waals surface area contributed by atoms with Gasteiger partial charge in [-0.1, -0.05) is 13.8 Å². The molecular weight excluding hydrogens is 254 g/mol. The summed E-state index contributed by atoms with van der Waals surface area (Å²) in [6, 6.07) is 0. The van der Waals surface area contributed by atoms with Crippen LogP contribution >= 0.6 is 11.8 Å². The lowest BCUT2D eigenvalue weighted by Gasteiger charge is -2.35. The quantitative estimate of drug-likeness (QED) is 0.801. The van der Waals surface area contributed by atoms with Gasteiger partial charge in [-0.15, -0.1) is 0 Å². The van der Waals surface area contributed by atoms with Crippen molar-refractivity contribution in [2.24, 2.45) is 5.92 Å². The van der Waals surface area contributed by atoms with E-state index in [-0.39, 0.29) is 0 Å². The Balaban J connectivity index is 1.53. The smallest absolute Gasteiger partial charge is 0.0110 e. The zero-order valence-electron chi connectivity index (χ0n) is 12.7. The average molecular weight is 286 g/mol. The van der Waals surface area contributed by atoms with Crippen LogP contribution in [0.4, 0.5) is 0 Å². The van der Waals surface area contributed by atoms with Gasteiger partial charge in [0.25, 0.3) is 0 Å². The van der Waals surface area contributed by atoms with Gasteiger partial charge >= 0.3 is 0 Å². The topological polar surface area (TPSA) is 18.5 Å². The van der Waals surface area contributed by atoms with Crippen LogP contribution in [0.2, 0.25) is 0 Å². The third kappa shape index (κ3) is 6.03. The molecule has 112 valence electrons. The third-order valence-electron chi connectivity index (χ3n) is 4.14. The highest BCUT2D eigenvalue weighted by Gasteiger charge is 2.18. The molecule has 2 fully saturated rings. The Morgan fingerprint density at radius 1 is 1.05 bits per heavy atom. The highest BCUT2D eigenvalue weighted by Crippen LogP contribution is 2.20. The van der Waals surface area contributed by atoms with Crippen LogP contribution in [0.5, 0.6) is 0 Å². The second-order valence-electron chi connectivity index (χ2n) is 6.36. The largest absolute Gasteiger partial charge is 0.317 e. The van der Waals surface area contributed by atoms with E-state index >= 15 is 0 Å². The zero-order valence-corrected chi connectivity index (χ0v) is 13.6. The van der Waals surface area contributed by atoms with Gasteiger partial charge in [-0.3, -0.25) is 4.90 Å². The van der Waals surface area contributed by atoms with Crippen LogP contribution in [0, 0.1) is 5.92 Å². The number of hydrogen-bond donors (Lipinski definition) is 1. The van der Waals surface area contributed by atoms with Crippen molar-refractivity contribution in [3.8, 4) is 0 Å². The number of rotatable bonds is 6. The molecule has 0 spiro atoms. The van der Waals surface area contributed by atoms with Gasteiger partial charge in [0, 0.05) is 50.3 Å². The maximum Gasteiger partial charge on any atom is 0.0110 e. The molecule has 3 nitrogen and oxygen atoms in total. The van der Waals surface area contributed by atoms with Crippen molar-refractivity contribution in [2.75, 3.05) is 58.1 Å². The number of nitrogens with one attached hydrogen (secondary N) is 1. The maximum atomic E-state index is 3.45. The maximum absolute atomic E-state index is 3.45. The van der Waals surface area contributed by atoms with Gasteiger partial charge in [0.05, 0.1) is 0 Å². The minimum Gasteiger partial charge on any atom is -0.317 e. The molecule has 1 N–H and O–H groups in total. The van der Waals surface area contributed by atoms with Crippen molar-refractivity contribution < 1.29 is 0 Å². The summed E-state index contributed by atoms with van der Waals surface area (Å²) in [6.07, 6.45) is 2.74. The van der Waals surface area contributed by atoms with Gasteiger partial charge in [-0.25, -0.2) is 0 Å². The van der Waals surface area contributed by atoms with Crippen molar-refractivity contribution in [2.45, 2.75) is 31.9 Å². The van der Waals surface area contributed by atoms with Crippen molar-refractivity contribution >= 4 is 11.8 Å². The van der Waals surface area contributed by atoms with E-state index < -0.39 is 0 Å². The van der Waals surface area contributed by atoms with Gasteiger partial charge in [0.15, 0.2) is 0 Å². The first-order chi connectivity index (χ1) is 9.24. The minimum absolute atomic E-state index is 0.807. The van der Waals surface area contributed by atoms with Gasteiger partial charge in [0.2, 0.25) is 0 Å². The second-order valence-corrected chi connectivity index (χ2v) is 7.76. The molecule has 0 amide bonds. The van der Waals surface area contributed by atoms with Crippen LogP contribution in [0.25, 0.3) is 0 Å². The van der Waals surface area contributed by atoms with Crippen LogP contribution in [-0.4, -0.2) is 73.2 Å². The number of piperazine rings is 1. The molecule has 0 aliphatic carbocycles.